The van der Waals surface area contributed by atoms with Crippen LogP contribution >= 0.6 is 0 Å². The summed E-state index contributed by atoms with van der Waals surface area (Å²) in [5.74, 6) is 0.982. The molecule has 132 valence electrons. The quantitative estimate of drug-likeness (QED) is 0.698. The molecule has 0 bridgehead atoms. The maximum Gasteiger partial charge on any atom is 0.258 e. The molecule has 3 rings (SSSR count). The van der Waals surface area contributed by atoms with Crippen LogP contribution in [0.25, 0.3) is 11.1 Å². The van der Waals surface area contributed by atoms with Gasteiger partial charge in [-0.25, -0.2) is 0 Å². The molecular formula is C21H20N2O3. The molecule has 0 aliphatic rings. The molecule has 1 amide bonds. The van der Waals surface area contributed by atoms with Crippen LogP contribution < -0.4 is 14.4 Å². The first-order valence-corrected chi connectivity index (χ1v) is 8.14. The van der Waals surface area contributed by atoms with Crippen molar-refractivity contribution in [3.63, 3.8) is 0 Å². The largest absolute Gasteiger partial charge is 0.493 e. The van der Waals surface area contributed by atoms with Crippen LogP contribution in [0.4, 0.5) is 5.69 Å². The van der Waals surface area contributed by atoms with E-state index in [4.69, 9.17) is 9.47 Å². The summed E-state index contributed by atoms with van der Waals surface area (Å²) in [7, 11) is 4.87. The molecule has 5 nitrogen and oxygen atoms in total. The number of amides is 1. The van der Waals surface area contributed by atoms with Crippen LogP contribution in [0.1, 0.15) is 10.4 Å². The molecule has 0 saturated carbocycles. The summed E-state index contributed by atoms with van der Waals surface area (Å²) in [5.41, 5.74) is 3.33. The minimum Gasteiger partial charge on any atom is -0.493 e. The fourth-order valence-electron chi connectivity index (χ4n) is 2.71. The van der Waals surface area contributed by atoms with Crippen molar-refractivity contribution in [3.05, 3.63) is 72.6 Å². The molecule has 2 aromatic carbocycles. The lowest BCUT2D eigenvalue weighted by molar-refractivity contribution is 0.0992. The molecule has 3 aromatic rings. The molecular weight excluding hydrogens is 328 g/mol. The lowest BCUT2D eigenvalue weighted by Crippen LogP contribution is -2.26. The predicted molar refractivity (Wildman–Crippen MR) is 102 cm³/mol. The van der Waals surface area contributed by atoms with E-state index in [0.29, 0.717) is 17.1 Å². The van der Waals surface area contributed by atoms with Crippen LogP contribution in [0.15, 0.2) is 67.0 Å². The summed E-state index contributed by atoms with van der Waals surface area (Å²) in [6.45, 7) is 0. The van der Waals surface area contributed by atoms with E-state index in [1.165, 1.54) is 0 Å². The third-order valence-electron chi connectivity index (χ3n) is 4.16. The Bertz CT molecular complexity index is 910. The van der Waals surface area contributed by atoms with Crippen molar-refractivity contribution in [2.24, 2.45) is 0 Å². The highest BCUT2D eigenvalue weighted by molar-refractivity contribution is 6.06. The Morgan fingerprint density at radius 2 is 1.69 bits per heavy atom. The molecule has 1 aromatic heterocycles. The van der Waals surface area contributed by atoms with Gasteiger partial charge in [-0.2, -0.15) is 0 Å². The highest BCUT2D eigenvalue weighted by atomic mass is 16.5. The van der Waals surface area contributed by atoms with Gasteiger partial charge in [0.2, 0.25) is 0 Å². The maximum absolute atomic E-state index is 12.9. The Labute approximate surface area is 152 Å². The van der Waals surface area contributed by atoms with Crippen molar-refractivity contribution in [2.75, 3.05) is 26.2 Å². The smallest absolute Gasteiger partial charge is 0.258 e. The van der Waals surface area contributed by atoms with Crippen molar-refractivity contribution in [1.82, 2.24) is 4.98 Å². The molecule has 0 atom stereocenters. The van der Waals surface area contributed by atoms with Crippen LogP contribution in [-0.4, -0.2) is 32.2 Å². The average Bonchev–Trinajstić information content (AvgIpc) is 2.72. The number of aromatic nitrogens is 1. The second kappa shape index (κ2) is 7.70. The Morgan fingerprint density at radius 1 is 0.923 bits per heavy atom. The van der Waals surface area contributed by atoms with Gasteiger partial charge in [-0.05, 0) is 42.0 Å². The number of methoxy groups -OCH3 is 2. The molecule has 0 spiro atoms. The number of nitrogens with zero attached hydrogens (tertiary/aromatic N) is 2. The SMILES string of the molecule is COc1ccc(C(=O)N(C)c2cccc(-c3cccnc3)c2)cc1OC. The van der Waals surface area contributed by atoms with Gasteiger partial charge >= 0.3 is 0 Å². The topological polar surface area (TPSA) is 51.7 Å². The van der Waals surface area contributed by atoms with E-state index in [0.717, 1.165) is 16.8 Å². The van der Waals surface area contributed by atoms with Gasteiger partial charge in [0.1, 0.15) is 0 Å². The van der Waals surface area contributed by atoms with Gasteiger partial charge in [-0.3, -0.25) is 9.78 Å². The summed E-state index contributed by atoms with van der Waals surface area (Å²) in [6.07, 6.45) is 3.54. The molecule has 5 heteroatoms. The zero-order valence-electron chi connectivity index (χ0n) is 15.0. The maximum atomic E-state index is 12.9. The fraction of sp³-hybridized carbons (Fsp3) is 0.143. The van der Waals surface area contributed by atoms with Crippen LogP contribution in [0.3, 0.4) is 0 Å². The van der Waals surface area contributed by atoms with Crippen LogP contribution in [0, 0.1) is 0 Å². The van der Waals surface area contributed by atoms with Crippen molar-refractivity contribution >= 4 is 11.6 Å². The molecule has 26 heavy (non-hydrogen) atoms. The van der Waals surface area contributed by atoms with Crippen LogP contribution in [-0.2, 0) is 0 Å². The minimum atomic E-state index is -0.130. The zero-order valence-corrected chi connectivity index (χ0v) is 15.0. The predicted octanol–water partition coefficient (Wildman–Crippen LogP) is 4.04. The summed E-state index contributed by atoms with van der Waals surface area (Å²) in [4.78, 5) is 18.6. The van der Waals surface area contributed by atoms with Crippen molar-refractivity contribution in [1.29, 1.82) is 0 Å². The van der Waals surface area contributed by atoms with E-state index < -0.39 is 0 Å². The number of ether oxygens (including phenoxy) is 2. The first kappa shape index (κ1) is 17.5. The Kier molecular flexibility index (Phi) is 5.17. The average molecular weight is 348 g/mol. The summed E-state index contributed by atoms with van der Waals surface area (Å²) in [6, 6.07) is 16.8. The van der Waals surface area contributed by atoms with Crippen molar-refractivity contribution in [2.45, 2.75) is 0 Å². The number of rotatable bonds is 5. The Hall–Kier alpha value is -3.34. The first-order chi connectivity index (χ1) is 12.6. The fourth-order valence-corrected chi connectivity index (χ4v) is 2.71. The monoisotopic (exact) mass is 348 g/mol. The van der Waals surface area contributed by atoms with Crippen molar-refractivity contribution < 1.29 is 14.3 Å². The number of pyridine rings is 1. The van der Waals surface area contributed by atoms with Gasteiger partial charge in [0, 0.05) is 36.3 Å². The highest BCUT2D eigenvalue weighted by Crippen LogP contribution is 2.29. The van der Waals surface area contributed by atoms with Gasteiger partial charge in [0.25, 0.3) is 5.91 Å². The molecule has 0 radical (unpaired) electrons. The Balaban J connectivity index is 1.90. The van der Waals surface area contributed by atoms with E-state index in [-0.39, 0.29) is 5.91 Å². The van der Waals surface area contributed by atoms with Crippen LogP contribution in [0.2, 0.25) is 0 Å². The molecule has 0 unspecified atom stereocenters. The number of anilines is 1. The molecule has 0 aliphatic carbocycles. The number of hydrogen-bond donors (Lipinski definition) is 0. The highest BCUT2D eigenvalue weighted by Gasteiger charge is 2.16. The molecule has 0 saturated heterocycles. The zero-order chi connectivity index (χ0) is 18.5. The second-order valence-electron chi connectivity index (χ2n) is 5.73. The number of carbonyl (C=O) groups excluding carboxylic acids is 1. The van der Waals surface area contributed by atoms with Crippen LogP contribution in [0.5, 0.6) is 11.5 Å². The number of hydrogen-bond acceptors (Lipinski definition) is 4. The van der Waals surface area contributed by atoms with Gasteiger partial charge in [-0.15, -0.1) is 0 Å². The lowest BCUT2D eigenvalue weighted by atomic mass is 10.1. The van der Waals surface area contributed by atoms with E-state index in [1.54, 1.807) is 56.8 Å². The molecule has 0 N–H and O–H groups in total. The van der Waals surface area contributed by atoms with Crippen molar-refractivity contribution in [3.8, 4) is 22.6 Å². The molecule has 0 aliphatic heterocycles. The summed E-state index contributed by atoms with van der Waals surface area (Å²) < 4.78 is 10.5. The van der Waals surface area contributed by atoms with Gasteiger partial charge in [-0.1, -0.05) is 18.2 Å². The second-order valence-corrected chi connectivity index (χ2v) is 5.73. The molecule has 0 fully saturated rings. The minimum absolute atomic E-state index is 0.130. The van der Waals surface area contributed by atoms with Gasteiger partial charge < -0.3 is 14.4 Å². The normalized spacial score (nSPS) is 10.3. The summed E-state index contributed by atoms with van der Waals surface area (Å²) in [5, 5.41) is 0. The van der Waals surface area contributed by atoms with Gasteiger partial charge in [0.15, 0.2) is 11.5 Å². The standard InChI is InChI=1S/C21H20N2O3/c1-23(21(24)16-9-10-19(25-2)20(13-16)26-3)18-8-4-6-15(12-18)17-7-5-11-22-14-17/h4-14H,1-3H3. The third kappa shape index (κ3) is 3.52. The van der Waals surface area contributed by atoms with E-state index >= 15 is 0 Å². The number of carbonyl (C=O) groups is 1. The number of benzene rings is 2. The first-order valence-electron chi connectivity index (χ1n) is 8.14. The third-order valence-corrected chi connectivity index (χ3v) is 4.16. The van der Waals surface area contributed by atoms with Gasteiger partial charge in [0.05, 0.1) is 14.2 Å². The lowest BCUT2D eigenvalue weighted by Gasteiger charge is -2.19. The molecule has 1 heterocycles. The van der Waals surface area contributed by atoms with E-state index in [9.17, 15) is 4.79 Å². The van der Waals surface area contributed by atoms with E-state index in [1.807, 2.05) is 36.4 Å². The Morgan fingerprint density at radius 3 is 2.38 bits per heavy atom. The summed E-state index contributed by atoms with van der Waals surface area (Å²) >= 11 is 0. The van der Waals surface area contributed by atoms with E-state index in [2.05, 4.69) is 4.98 Å².